The Bertz CT molecular complexity index is 448. The van der Waals surface area contributed by atoms with Crippen molar-refractivity contribution in [3.05, 3.63) is 21.0 Å². The van der Waals surface area contributed by atoms with Gasteiger partial charge in [-0.25, -0.2) is 0 Å². The standard InChI is InChI=1S/C9H7F3INO3/c1-4-5(13)2-7(17-9(10,11)12)6(14-4)3-8(15)16/h2H,3H2,1H3,(H,15,16). The fourth-order valence-electron chi connectivity index (χ4n) is 1.10. The van der Waals surface area contributed by atoms with Gasteiger partial charge in [0.25, 0.3) is 0 Å². The molecule has 1 N–H and O–H groups in total. The van der Waals surface area contributed by atoms with Gasteiger partial charge in [0.15, 0.2) is 5.75 Å². The summed E-state index contributed by atoms with van der Waals surface area (Å²) in [6.45, 7) is 1.57. The van der Waals surface area contributed by atoms with Crippen LogP contribution in [-0.4, -0.2) is 22.4 Å². The highest BCUT2D eigenvalue weighted by atomic mass is 127. The molecule has 0 aliphatic rings. The maximum atomic E-state index is 12.1. The van der Waals surface area contributed by atoms with Crippen LogP contribution in [0.25, 0.3) is 0 Å². The van der Waals surface area contributed by atoms with Crippen LogP contribution in [0.2, 0.25) is 0 Å². The van der Waals surface area contributed by atoms with Crippen LogP contribution in [-0.2, 0) is 11.2 Å². The van der Waals surface area contributed by atoms with Gasteiger partial charge in [0, 0.05) is 3.57 Å². The van der Waals surface area contributed by atoms with Gasteiger partial charge in [-0.15, -0.1) is 13.2 Å². The average Bonchev–Trinajstić information content (AvgIpc) is 2.10. The Labute approximate surface area is 108 Å². The number of aliphatic carboxylic acids is 1. The highest BCUT2D eigenvalue weighted by Gasteiger charge is 2.33. The summed E-state index contributed by atoms with van der Waals surface area (Å²) in [6, 6.07) is 1.12. The lowest BCUT2D eigenvalue weighted by Gasteiger charge is -2.13. The number of hydrogen-bond acceptors (Lipinski definition) is 3. The summed E-state index contributed by atoms with van der Waals surface area (Å²) in [6.07, 6.45) is -5.49. The van der Waals surface area contributed by atoms with Gasteiger partial charge in [-0.3, -0.25) is 9.78 Å². The molecule has 0 saturated heterocycles. The maximum Gasteiger partial charge on any atom is 0.573 e. The lowest BCUT2D eigenvalue weighted by Crippen LogP contribution is -2.19. The largest absolute Gasteiger partial charge is 0.573 e. The number of carbonyl (C=O) groups is 1. The van der Waals surface area contributed by atoms with Crippen molar-refractivity contribution in [3.8, 4) is 5.75 Å². The van der Waals surface area contributed by atoms with Crippen LogP contribution in [0.3, 0.4) is 0 Å². The second-order valence-corrected chi connectivity index (χ2v) is 4.28. The van der Waals surface area contributed by atoms with E-state index in [0.717, 1.165) is 6.07 Å². The number of rotatable bonds is 3. The highest BCUT2D eigenvalue weighted by Crippen LogP contribution is 2.28. The van der Waals surface area contributed by atoms with E-state index in [1.54, 1.807) is 29.5 Å². The van der Waals surface area contributed by atoms with Crippen LogP contribution in [0.15, 0.2) is 6.07 Å². The van der Waals surface area contributed by atoms with Crippen molar-refractivity contribution in [2.75, 3.05) is 0 Å². The fraction of sp³-hybridized carbons (Fsp3) is 0.333. The van der Waals surface area contributed by atoms with Crippen LogP contribution in [0.1, 0.15) is 11.4 Å². The first-order valence-corrected chi connectivity index (χ1v) is 5.40. The normalized spacial score (nSPS) is 11.4. The highest BCUT2D eigenvalue weighted by molar-refractivity contribution is 14.1. The first-order chi connectivity index (χ1) is 7.69. The van der Waals surface area contributed by atoms with Gasteiger partial charge in [-0.2, -0.15) is 0 Å². The fourth-order valence-corrected chi connectivity index (χ4v) is 1.50. The third kappa shape index (κ3) is 4.36. The van der Waals surface area contributed by atoms with E-state index in [9.17, 15) is 18.0 Å². The number of hydrogen-bond donors (Lipinski definition) is 1. The summed E-state index contributed by atoms with van der Waals surface area (Å²) >= 11 is 1.79. The molecule has 0 atom stereocenters. The van der Waals surface area contributed by atoms with Gasteiger partial charge in [0.05, 0.1) is 17.8 Å². The van der Waals surface area contributed by atoms with E-state index in [2.05, 4.69) is 9.72 Å². The van der Waals surface area contributed by atoms with Gasteiger partial charge < -0.3 is 9.84 Å². The van der Waals surface area contributed by atoms with Crippen LogP contribution in [0.4, 0.5) is 13.2 Å². The Morgan fingerprint density at radius 1 is 1.59 bits per heavy atom. The molecule has 0 saturated carbocycles. The van der Waals surface area contributed by atoms with Crippen molar-refractivity contribution < 1.29 is 27.8 Å². The zero-order valence-electron chi connectivity index (χ0n) is 8.51. The van der Waals surface area contributed by atoms with E-state index < -0.39 is 24.5 Å². The first kappa shape index (κ1) is 14.0. The molecular formula is C9H7F3INO3. The first-order valence-electron chi connectivity index (χ1n) is 4.32. The van der Waals surface area contributed by atoms with E-state index >= 15 is 0 Å². The van der Waals surface area contributed by atoms with E-state index in [0.29, 0.717) is 9.26 Å². The third-order valence-corrected chi connectivity index (χ3v) is 2.83. The number of carboxylic acids is 1. The average molecular weight is 361 g/mol. The van der Waals surface area contributed by atoms with Gasteiger partial charge in [-0.05, 0) is 35.6 Å². The minimum absolute atomic E-state index is 0.243. The van der Waals surface area contributed by atoms with Crippen molar-refractivity contribution in [2.45, 2.75) is 19.7 Å². The summed E-state index contributed by atoms with van der Waals surface area (Å²) in [7, 11) is 0. The Morgan fingerprint density at radius 3 is 2.65 bits per heavy atom. The number of nitrogens with zero attached hydrogens (tertiary/aromatic N) is 1. The second kappa shape index (κ2) is 5.07. The molecule has 4 nitrogen and oxygen atoms in total. The number of aromatic nitrogens is 1. The minimum atomic E-state index is -4.87. The number of carboxylic acid groups (broad SMARTS) is 1. The Hall–Kier alpha value is -1.06. The number of halogens is 4. The molecule has 17 heavy (non-hydrogen) atoms. The Morgan fingerprint density at radius 2 is 2.18 bits per heavy atom. The molecule has 94 valence electrons. The van der Waals surface area contributed by atoms with Crippen molar-refractivity contribution in [1.29, 1.82) is 0 Å². The minimum Gasteiger partial charge on any atom is -0.481 e. The van der Waals surface area contributed by atoms with Gasteiger partial charge in [-0.1, -0.05) is 0 Å². The molecule has 1 aromatic heterocycles. The number of aryl methyl sites for hydroxylation is 1. The molecule has 0 amide bonds. The van der Waals surface area contributed by atoms with Crippen molar-refractivity contribution >= 4 is 28.6 Å². The molecule has 0 spiro atoms. The van der Waals surface area contributed by atoms with Crippen LogP contribution in [0, 0.1) is 10.5 Å². The van der Waals surface area contributed by atoms with E-state index in [1.807, 2.05) is 0 Å². The summed E-state index contributed by atoms with van der Waals surface area (Å²) in [4.78, 5) is 14.3. The molecule has 1 heterocycles. The smallest absolute Gasteiger partial charge is 0.481 e. The van der Waals surface area contributed by atoms with E-state index in [4.69, 9.17) is 5.11 Å². The summed E-state index contributed by atoms with van der Waals surface area (Å²) in [5.41, 5.74) is 0.212. The monoisotopic (exact) mass is 361 g/mol. The Kier molecular flexibility index (Phi) is 4.17. The topological polar surface area (TPSA) is 59.4 Å². The molecular weight excluding hydrogens is 354 g/mol. The summed E-state index contributed by atoms with van der Waals surface area (Å²) in [5.74, 6) is -1.85. The Balaban J connectivity index is 3.16. The number of alkyl halides is 3. The second-order valence-electron chi connectivity index (χ2n) is 3.12. The van der Waals surface area contributed by atoms with Crippen LogP contribution in [0.5, 0.6) is 5.75 Å². The predicted octanol–water partition coefficient (Wildman–Crippen LogP) is 2.52. The number of pyridine rings is 1. The van der Waals surface area contributed by atoms with Gasteiger partial charge >= 0.3 is 12.3 Å². The molecule has 0 fully saturated rings. The van der Waals surface area contributed by atoms with Gasteiger partial charge in [0.2, 0.25) is 0 Å². The zero-order chi connectivity index (χ0) is 13.2. The third-order valence-electron chi connectivity index (χ3n) is 1.73. The van der Waals surface area contributed by atoms with E-state index in [1.165, 1.54) is 0 Å². The molecule has 1 aromatic rings. The van der Waals surface area contributed by atoms with Crippen LogP contribution < -0.4 is 4.74 Å². The van der Waals surface area contributed by atoms with Crippen LogP contribution >= 0.6 is 22.6 Å². The zero-order valence-corrected chi connectivity index (χ0v) is 10.7. The SMILES string of the molecule is Cc1nc(CC(=O)O)c(OC(F)(F)F)cc1I. The maximum absolute atomic E-state index is 12.1. The molecule has 8 heteroatoms. The summed E-state index contributed by atoms with van der Waals surface area (Å²) in [5, 5.41) is 8.57. The predicted molar refractivity (Wildman–Crippen MR) is 59.7 cm³/mol. The van der Waals surface area contributed by atoms with Crippen molar-refractivity contribution in [1.82, 2.24) is 4.98 Å². The molecule has 1 rings (SSSR count). The molecule has 0 aliphatic heterocycles. The lowest BCUT2D eigenvalue weighted by atomic mass is 10.2. The quantitative estimate of drug-likeness (QED) is 0.841. The lowest BCUT2D eigenvalue weighted by molar-refractivity contribution is -0.275. The molecule has 0 unspecified atom stereocenters. The molecule has 0 radical (unpaired) electrons. The molecule has 0 aromatic carbocycles. The molecule has 0 bridgehead atoms. The van der Waals surface area contributed by atoms with Crippen molar-refractivity contribution in [2.24, 2.45) is 0 Å². The number of ether oxygens (including phenoxy) is 1. The van der Waals surface area contributed by atoms with Crippen molar-refractivity contribution in [3.63, 3.8) is 0 Å². The molecule has 0 aliphatic carbocycles. The van der Waals surface area contributed by atoms with Gasteiger partial charge in [0.1, 0.15) is 0 Å². The van der Waals surface area contributed by atoms with E-state index in [-0.39, 0.29) is 5.69 Å². The summed E-state index contributed by atoms with van der Waals surface area (Å²) < 4.78 is 40.5.